The Morgan fingerprint density at radius 3 is 2.18 bits per heavy atom. The fourth-order valence-corrected chi connectivity index (χ4v) is 1.93. The highest BCUT2D eigenvalue weighted by Gasteiger charge is 2.32. The Morgan fingerprint density at radius 2 is 1.91 bits per heavy atom. The summed E-state index contributed by atoms with van der Waals surface area (Å²) in [6, 6.07) is 0. The third kappa shape index (κ3) is 4.02. The zero-order valence-corrected chi connectivity index (χ0v) is 9.41. The summed E-state index contributed by atoms with van der Waals surface area (Å²) in [6.07, 6.45) is 4.94. The number of halogens is 2. The summed E-state index contributed by atoms with van der Waals surface area (Å²) in [4.78, 5) is 0. The van der Waals surface area contributed by atoms with Crippen LogP contribution in [0.1, 0.15) is 6.92 Å². The summed E-state index contributed by atoms with van der Waals surface area (Å²) in [5.74, 6) is 2.47. The van der Waals surface area contributed by atoms with E-state index in [0.29, 0.717) is 0 Å². The maximum Gasteiger partial charge on any atom is 0.221 e. The number of rotatable bonds is 3. The van der Waals surface area contributed by atoms with E-state index in [0.717, 1.165) is 0 Å². The largest absolute Gasteiger partial charge is 0.401 e. The van der Waals surface area contributed by atoms with Crippen LogP contribution >= 0.6 is 23.2 Å². The summed E-state index contributed by atoms with van der Waals surface area (Å²) in [5.41, 5.74) is 0. The zero-order chi connectivity index (χ0) is 9.07. The number of hydrogen-bond acceptors (Lipinski definition) is 1. The first-order valence-corrected chi connectivity index (χ1v) is 7.18. The molecule has 0 fully saturated rings. The van der Waals surface area contributed by atoms with Crippen LogP contribution in [0, 0.1) is 12.3 Å². The van der Waals surface area contributed by atoms with Crippen molar-refractivity contribution in [2.75, 3.05) is 0 Å². The van der Waals surface area contributed by atoms with Gasteiger partial charge >= 0.3 is 0 Å². The predicted molar refractivity (Wildman–Crippen MR) is 52.4 cm³/mol. The molecule has 1 atom stereocenters. The molecule has 0 saturated heterocycles. The van der Waals surface area contributed by atoms with Gasteiger partial charge in [-0.1, -0.05) is 5.92 Å². The highest BCUT2D eigenvalue weighted by molar-refractivity contribution is 6.88. The van der Waals surface area contributed by atoms with E-state index in [1.54, 1.807) is 0 Å². The van der Waals surface area contributed by atoms with Gasteiger partial charge < -0.3 is 4.43 Å². The van der Waals surface area contributed by atoms with Crippen molar-refractivity contribution in [2.45, 2.75) is 30.6 Å². The van der Waals surface area contributed by atoms with Gasteiger partial charge in [0.2, 0.25) is 8.32 Å². The van der Waals surface area contributed by atoms with Crippen molar-refractivity contribution < 1.29 is 4.43 Å². The average Bonchev–Trinajstić information content (AvgIpc) is 1.86. The monoisotopic (exact) mass is 210 g/mol. The molecule has 0 aliphatic rings. The van der Waals surface area contributed by atoms with Crippen LogP contribution in [0.25, 0.3) is 0 Å². The molecule has 0 amide bonds. The maximum absolute atomic E-state index is 5.70. The third-order valence-corrected chi connectivity index (χ3v) is 6.41. The van der Waals surface area contributed by atoms with E-state index in [1.807, 2.05) is 20.0 Å². The van der Waals surface area contributed by atoms with Gasteiger partial charge in [0.1, 0.15) is 10.6 Å². The fourth-order valence-electron chi connectivity index (χ4n) is 0.541. The second kappa shape index (κ2) is 4.37. The van der Waals surface area contributed by atoms with Gasteiger partial charge in [0.25, 0.3) is 0 Å². The Balaban J connectivity index is 4.04. The van der Waals surface area contributed by atoms with Crippen molar-refractivity contribution in [1.82, 2.24) is 0 Å². The lowest BCUT2D eigenvalue weighted by atomic mass is 10.4. The molecule has 0 aliphatic heterocycles. The molecule has 0 radical (unpaired) electrons. The fraction of sp³-hybridized carbons (Fsp3) is 0.714. The Hall–Kier alpha value is 0.317. The summed E-state index contributed by atoms with van der Waals surface area (Å²) >= 11 is 11.4. The van der Waals surface area contributed by atoms with Crippen molar-refractivity contribution in [1.29, 1.82) is 0 Å². The van der Waals surface area contributed by atoms with E-state index in [9.17, 15) is 0 Å². The zero-order valence-electron chi connectivity index (χ0n) is 6.90. The second-order valence-corrected chi connectivity index (χ2v) is 8.68. The number of alkyl halides is 2. The molecule has 11 heavy (non-hydrogen) atoms. The molecule has 0 rings (SSSR count). The van der Waals surface area contributed by atoms with E-state index in [1.165, 1.54) is 0 Å². The highest BCUT2D eigenvalue weighted by atomic mass is 35.5. The maximum atomic E-state index is 5.70. The van der Waals surface area contributed by atoms with Crippen molar-refractivity contribution in [3.05, 3.63) is 0 Å². The minimum Gasteiger partial charge on any atom is -0.401 e. The van der Waals surface area contributed by atoms with Crippen molar-refractivity contribution >= 4 is 31.5 Å². The van der Waals surface area contributed by atoms with Crippen LogP contribution < -0.4 is 0 Å². The molecular weight excluding hydrogens is 199 g/mol. The lowest BCUT2D eigenvalue weighted by Gasteiger charge is -2.25. The molecule has 0 saturated carbocycles. The molecule has 0 spiro atoms. The molecule has 1 nitrogen and oxygen atoms in total. The van der Waals surface area contributed by atoms with Gasteiger partial charge in [0, 0.05) is 0 Å². The Morgan fingerprint density at radius 1 is 1.45 bits per heavy atom. The minimum atomic E-state index is -1.98. The van der Waals surface area contributed by atoms with Crippen LogP contribution in [-0.4, -0.2) is 18.9 Å². The standard InChI is InChI=1S/C7H12Cl2OSi/c1-5-6(2)10-11(3,4)7(8)9/h1,6-7H,2-4H3. The van der Waals surface area contributed by atoms with E-state index in [4.69, 9.17) is 34.1 Å². The van der Waals surface area contributed by atoms with Gasteiger partial charge in [-0.2, -0.15) is 0 Å². The van der Waals surface area contributed by atoms with E-state index >= 15 is 0 Å². The van der Waals surface area contributed by atoms with Crippen LogP contribution in [0.5, 0.6) is 0 Å². The summed E-state index contributed by atoms with van der Waals surface area (Å²) in [5, 5.41) is 0. The van der Waals surface area contributed by atoms with Gasteiger partial charge in [-0.3, -0.25) is 0 Å². The molecular formula is C7H12Cl2OSi. The average molecular weight is 211 g/mol. The Kier molecular flexibility index (Phi) is 4.49. The topological polar surface area (TPSA) is 9.23 Å². The van der Waals surface area contributed by atoms with E-state index in [2.05, 4.69) is 5.92 Å². The van der Waals surface area contributed by atoms with Crippen LogP contribution in [0.3, 0.4) is 0 Å². The molecule has 64 valence electrons. The van der Waals surface area contributed by atoms with Crippen molar-refractivity contribution in [3.8, 4) is 12.3 Å². The molecule has 0 heterocycles. The number of hydrogen-bond donors (Lipinski definition) is 0. The molecule has 0 bridgehead atoms. The Labute approximate surface area is 79.2 Å². The van der Waals surface area contributed by atoms with Crippen molar-refractivity contribution in [2.24, 2.45) is 0 Å². The van der Waals surface area contributed by atoms with Gasteiger partial charge in [-0.05, 0) is 20.0 Å². The summed E-state index contributed by atoms with van der Waals surface area (Å²) in [7, 11) is -1.98. The molecule has 0 aliphatic carbocycles. The van der Waals surface area contributed by atoms with Crippen LogP contribution in [0.15, 0.2) is 0 Å². The minimum absolute atomic E-state index is 0.198. The molecule has 0 N–H and O–H groups in total. The predicted octanol–water partition coefficient (Wildman–Crippen LogP) is 2.57. The van der Waals surface area contributed by atoms with Gasteiger partial charge in [0.05, 0.1) is 0 Å². The van der Waals surface area contributed by atoms with Crippen LogP contribution in [0.4, 0.5) is 0 Å². The third-order valence-electron chi connectivity index (χ3n) is 1.24. The first kappa shape index (κ1) is 11.3. The first-order chi connectivity index (χ1) is 4.90. The quantitative estimate of drug-likeness (QED) is 0.396. The normalized spacial score (nSPS) is 14.6. The van der Waals surface area contributed by atoms with Crippen molar-refractivity contribution in [3.63, 3.8) is 0 Å². The van der Waals surface area contributed by atoms with Gasteiger partial charge in [0.15, 0.2) is 0 Å². The van der Waals surface area contributed by atoms with Gasteiger partial charge in [-0.15, -0.1) is 29.6 Å². The highest BCUT2D eigenvalue weighted by Crippen LogP contribution is 2.20. The summed E-state index contributed by atoms with van der Waals surface area (Å²) in [6.45, 7) is 5.68. The SMILES string of the molecule is C#CC(C)O[Si](C)(C)C(Cl)Cl. The molecule has 4 heteroatoms. The smallest absolute Gasteiger partial charge is 0.221 e. The van der Waals surface area contributed by atoms with E-state index < -0.39 is 12.8 Å². The lowest BCUT2D eigenvalue weighted by Crippen LogP contribution is -2.41. The lowest BCUT2D eigenvalue weighted by molar-refractivity contribution is 0.270. The molecule has 0 aromatic heterocycles. The second-order valence-electron chi connectivity index (χ2n) is 2.83. The summed E-state index contributed by atoms with van der Waals surface area (Å²) < 4.78 is 5.06. The molecule has 0 aromatic rings. The van der Waals surface area contributed by atoms with Crippen LogP contribution in [0.2, 0.25) is 13.1 Å². The molecule has 1 unspecified atom stereocenters. The van der Waals surface area contributed by atoms with E-state index in [-0.39, 0.29) is 6.10 Å². The molecule has 0 aromatic carbocycles. The first-order valence-electron chi connectivity index (χ1n) is 3.32. The van der Waals surface area contributed by atoms with Crippen LogP contribution in [-0.2, 0) is 4.43 Å². The Bertz CT molecular complexity index is 162. The number of terminal acetylenes is 1. The van der Waals surface area contributed by atoms with Gasteiger partial charge in [-0.25, -0.2) is 0 Å².